The van der Waals surface area contributed by atoms with Gasteiger partial charge in [-0.25, -0.2) is 0 Å². The molecular weight excluding hydrogens is 409 g/mol. The summed E-state index contributed by atoms with van der Waals surface area (Å²) in [6, 6.07) is 7.57. The quantitative estimate of drug-likeness (QED) is 0.255. The third kappa shape index (κ3) is 10.2. The number of aliphatic imine (C=N–C) groups is 1. The Bertz CT molecular complexity index is 427. The van der Waals surface area contributed by atoms with Crippen molar-refractivity contribution in [1.29, 1.82) is 0 Å². The van der Waals surface area contributed by atoms with Crippen LogP contribution in [-0.4, -0.2) is 53.0 Å². The van der Waals surface area contributed by atoms with Crippen LogP contribution >= 0.6 is 24.0 Å². The van der Waals surface area contributed by atoms with Gasteiger partial charge in [-0.15, -0.1) is 24.0 Å². The smallest absolute Gasteiger partial charge is 0.191 e. The minimum Gasteiger partial charge on any atom is -0.497 e. The van der Waals surface area contributed by atoms with E-state index in [-0.39, 0.29) is 24.0 Å². The van der Waals surface area contributed by atoms with Crippen molar-refractivity contribution in [2.45, 2.75) is 13.3 Å². The van der Waals surface area contributed by atoms with Gasteiger partial charge in [0.15, 0.2) is 5.96 Å². The standard InChI is InChI=1S/C16H27N3O3.HI/c1-4-17-16(19-11-13-20-2)18-10-5-12-22-15-8-6-14(21-3)7-9-15;/h6-9H,4-5,10-13H2,1-3H3,(H2,17,18,19);1H. The van der Waals surface area contributed by atoms with Crippen molar-refractivity contribution < 1.29 is 14.2 Å². The monoisotopic (exact) mass is 437 g/mol. The van der Waals surface area contributed by atoms with Crippen LogP contribution in [0.5, 0.6) is 11.5 Å². The van der Waals surface area contributed by atoms with E-state index in [0.29, 0.717) is 19.8 Å². The molecule has 6 nitrogen and oxygen atoms in total. The Hall–Kier alpha value is -1.22. The first kappa shape index (κ1) is 21.8. The number of methoxy groups -OCH3 is 2. The lowest BCUT2D eigenvalue weighted by atomic mass is 10.3. The molecule has 0 amide bonds. The van der Waals surface area contributed by atoms with Gasteiger partial charge >= 0.3 is 0 Å². The fourth-order valence-electron chi connectivity index (χ4n) is 1.73. The van der Waals surface area contributed by atoms with Crippen LogP contribution in [0.3, 0.4) is 0 Å². The third-order valence-electron chi connectivity index (χ3n) is 2.84. The molecule has 7 heteroatoms. The molecule has 0 aromatic heterocycles. The first-order valence-electron chi connectivity index (χ1n) is 7.58. The Labute approximate surface area is 156 Å². The zero-order chi connectivity index (χ0) is 16.0. The van der Waals surface area contributed by atoms with Gasteiger partial charge in [-0.05, 0) is 31.2 Å². The van der Waals surface area contributed by atoms with Crippen LogP contribution in [0.1, 0.15) is 13.3 Å². The number of guanidine groups is 1. The number of rotatable bonds is 10. The molecule has 0 bridgehead atoms. The number of hydrogen-bond acceptors (Lipinski definition) is 4. The van der Waals surface area contributed by atoms with Gasteiger partial charge in [-0.1, -0.05) is 0 Å². The van der Waals surface area contributed by atoms with E-state index in [0.717, 1.165) is 37.0 Å². The minimum absolute atomic E-state index is 0. The molecule has 0 saturated heterocycles. The number of nitrogens with zero attached hydrogens (tertiary/aromatic N) is 1. The van der Waals surface area contributed by atoms with Gasteiger partial charge in [0, 0.05) is 33.2 Å². The predicted molar refractivity (Wildman–Crippen MR) is 104 cm³/mol. The molecule has 0 saturated carbocycles. The van der Waals surface area contributed by atoms with Crippen LogP contribution in [0.25, 0.3) is 0 Å². The van der Waals surface area contributed by atoms with Crippen LogP contribution in [0.2, 0.25) is 0 Å². The van der Waals surface area contributed by atoms with Crippen LogP contribution in [-0.2, 0) is 4.74 Å². The fraction of sp³-hybridized carbons (Fsp3) is 0.562. The molecule has 23 heavy (non-hydrogen) atoms. The second-order valence-electron chi connectivity index (χ2n) is 4.56. The second-order valence-corrected chi connectivity index (χ2v) is 4.56. The molecule has 1 aromatic rings. The number of benzene rings is 1. The summed E-state index contributed by atoms with van der Waals surface area (Å²) in [4.78, 5) is 4.48. The molecule has 0 spiro atoms. The Kier molecular flexibility index (Phi) is 13.6. The first-order valence-corrected chi connectivity index (χ1v) is 7.58. The average Bonchev–Trinajstić information content (AvgIpc) is 2.55. The van der Waals surface area contributed by atoms with Crippen molar-refractivity contribution in [3.63, 3.8) is 0 Å². The maximum Gasteiger partial charge on any atom is 0.191 e. The largest absolute Gasteiger partial charge is 0.497 e. The summed E-state index contributed by atoms with van der Waals surface area (Å²) in [5.74, 6) is 2.48. The van der Waals surface area contributed by atoms with E-state index in [9.17, 15) is 0 Å². The van der Waals surface area contributed by atoms with Gasteiger partial charge in [0.1, 0.15) is 11.5 Å². The summed E-state index contributed by atoms with van der Waals surface area (Å²) in [6.45, 7) is 5.61. The van der Waals surface area contributed by atoms with Gasteiger partial charge in [0.2, 0.25) is 0 Å². The molecule has 0 heterocycles. The molecule has 0 radical (unpaired) electrons. The first-order chi connectivity index (χ1) is 10.8. The summed E-state index contributed by atoms with van der Waals surface area (Å²) in [5.41, 5.74) is 0. The van der Waals surface area contributed by atoms with Gasteiger partial charge in [-0.2, -0.15) is 0 Å². The molecular formula is C16H28IN3O3. The molecule has 0 aliphatic heterocycles. The number of halogens is 1. The molecule has 0 aliphatic rings. The number of hydrogen-bond donors (Lipinski definition) is 2. The van der Waals surface area contributed by atoms with E-state index >= 15 is 0 Å². The van der Waals surface area contributed by atoms with E-state index in [4.69, 9.17) is 14.2 Å². The summed E-state index contributed by atoms with van der Waals surface area (Å²) in [5, 5.41) is 6.39. The molecule has 132 valence electrons. The van der Waals surface area contributed by atoms with E-state index in [1.165, 1.54) is 0 Å². The van der Waals surface area contributed by atoms with Gasteiger partial charge in [0.05, 0.1) is 20.3 Å². The van der Waals surface area contributed by atoms with E-state index in [1.54, 1.807) is 14.2 Å². The lowest BCUT2D eigenvalue weighted by Crippen LogP contribution is -2.39. The predicted octanol–water partition coefficient (Wildman–Crippen LogP) is 2.28. The lowest BCUT2D eigenvalue weighted by molar-refractivity contribution is 0.203. The molecule has 0 unspecified atom stereocenters. The van der Waals surface area contributed by atoms with Gasteiger partial charge < -0.3 is 24.8 Å². The molecule has 0 fully saturated rings. The van der Waals surface area contributed by atoms with Crippen LogP contribution in [0, 0.1) is 0 Å². The Balaban J connectivity index is 0.00000484. The zero-order valence-corrected chi connectivity index (χ0v) is 16.5. The lowest BCUT2D eigenvalue weighted by Gasteiger charge is -2.11. The highest BCUT2D eigenvalue weighted by atomic mass is 127. The van der Waals surface area contributed by atoms with Crippen molar-refractivity contribution in [3.05, 3.63) is 24.3 Å². The maximum absolute atomic E-state index is 5.66. The van der Waals surface area contributed by atoms with Crippen molar-refractivity contribution >= 4 is 29.9 Å². The van der Waals surface area contributed by atoms with Crippen molar-refractivity contribution in [2.24, 2.45) is 4.99 Å². The highest BCUT2D eigenvalue weighted by molar-refractivity contribution is 14.0. The number of nitrogens with one attached hydrogen (secondary N) is 2. The minimum atomic E-state index is 0. The molecule has 1 rings (SSSR count). The van der Waals surface area contributed by atoms with Crippen LogP contribution in [0.15, 0.2) is 29.3 Å². The van der Waals surface area contributed by atoms with Crippen molar-refractivity contribution in [3.8, 4) is 11.5 Å². The molecule has 0 atom stereocenters. The summed E-state index contributed by atoms with van der Waals surface area (Å²) < 4.78 is 15.8. The van der Waals surface area contributed by atoms with Crippen LogP contribution < -0.4 is 20.1 Å². The van der Waals surface area contributed by atoms with Gasteiger partial charge in [0.25, 0.3) is 0 Å². The topological polar surface area (TPSA) is 64.1 Å². The fourth-order valence-corrected chi connectivity index (χ4v) is 1.73. The van der Waals surface area contributed by atoms with Gasteiger partial charge in [-0.3, -0.25) is 4.99 Å². The van der Waals surface area contributed by atoms with Crippen molar-refractivity contribution in [1.82, 2.24) is 10.6 Å². The SMILES string of the molecule is CCNC(=NCCCOc1ccc(OC)cc1)NCCOC.I. The molecule has 1 aromatic carbocycles. The second kappa shape index (κ2) is 14.4. The molecule has 2 N–H and O–H groups in total. The summed E-state index contributed by atoms with van der Waals surface area (Å²) in [7, 11) is 3.33. The van der Waals surface area contributed by atoms with E-state index < -0.39 is 0 Å². The zero-order valence-electron chi connectivity index (χ0n) is 14.1. The van der Waals surface area contributed by atoms with E-state index in [2.05, 4.69) is 15.6 Å². The normalized spacial score (nSPS) is 10.7. The average molecular weight is 437 g/mol. The number of ether oxygens (including phenoxy) is 3. The Morgan fingerprint density at radius 3 is 2.35 bits per heavy atom. The molecule has 0 aliphatic carbocycles. The highest BCUT2D eigenvalue weighted by Gasteiger charge is 1.97. The van der Waals surface area contributed by atoms with Crippen LogP contribution in [0.4, 0.5) is 0 Å². The highest BCUT2D eigenvalue weighted by Crippen LogP contribution is 2.16. The van der Waals surface area contributed by atoms with E-state index in [1.807, 2.05) is 31.2 Å². The summed E-state index contributed by atoms with van der Waals surface area (Å²) >= 11 is 0. The maximum atomic E-state index is 5.66. The Morgan fingerprint density at radius 2 is 1.74 bits per heavy atom. The van der Waals surface area contributed by atoms with Crippen molar-refractivity contribution in [2.75, 3.05) is 47.1 Å². The third-order valence-corrected chi connectivity index (χ3v) is 2.84. The summed E-state index contributed by atoms with van der Waals surface area (Å²) in [6.07, 6.45) is 0.854. The Morgan fingerprint density at radius 1 is 1.04 bits per heavy atom.